The number of sulfonamides is 1. The molecule has 5 rings (SSSR count). The minimum atomic E-state index is -3.95. The lowest BCUT2D eigenvalue weighted by molar-refractivity contribution is -0.142. The van der Waals surface area contributed by atoms with Crippen molar-refractivity contribution in [1.82, 2.24) is 30.1 Å². The molecular formula is C38H48N6O10S. The van der Waals surface area contributed by atoms with Crippen LogP contribution in [-0.2, 0) is 33.9 Å². The minimum Gasteiger partial charge on any atom is -0.497 e. The second-order valence-corrected chi connectivity index (χ2v) is 16.8. The maximum Gasteiger partial charge on any atom is 0.408 e. The molecule has 2 heterocycles. The number of likely N-dealkylation sites (tertiary alicyclic amines) is 1. The molecule has 17 heteroatoms. The molecule has 2 aromatic rings. The third kappa shape index (κ3) is 9.44. The second kappa shape index (κ2) is 16.1. The van der Waals surface area contributed by atoms with Gasteiger partial charge in [0.05, 0.1) is 25.4 Å². The van der Waals surface area contributed by atoms with Crippen LogP contribution in [0.2, 0.25) is 0 Å². The van der Waals surface area contributed by atoms with Gasteiger partial charge in [0.15, 0.2) is 0 Å². The molecule has 0 unspecified atom stereocenters. The first-order valence-electron chi connectivity index (χ1n) is 17.9. The molecule has 0 bridgehead atoms. The molecule has 3 fully saturated rings. The van der Waals surface area contributed by atoms with Crippen LogP contribution < -0.4 is 24.8 Å². The van der Waals surface area contributed by atoms with Gasteiger partial charge in [-0.05, 0) is 75.8 Å². The van der Waals surface area contributed by atoms with Gasteiger partial charge in [0.2, 0.25) is 33.6 Å². The van der Waals surface area contributed by atoms with Crippen molar-refractivity contribution < 1.29 is 46.6 Å². The summed E-state index contributed by atoms with van der Waals surface area (Å²) >= 11 is 0. The van der Waals surface area contributed by atoms with Gasteiger partial charge in [-0.25, -0.2) is 18.2 Å². The number of nitrogens with zero attached hydrogens (tertiary/aromatic N) is 3. The summed E-state index contributed by atoms with van der Waals surface area (Å²) in [6.07, 6.45) is 4.59. The highest BCUT2D eigenvalue weighted by atomic mass is 32.2. The molecule has 296 valence electrons. The van der Waals surface area contributed by atoms with Gasteiger partial charge >= 0.3 is 6.09 Å². The fourth-order valence-corrected chi connectivity index (χ4v) is 7.86. The number of aromatic nitrogens is 1. The number of hydrogen-bond acceptors (Lipinski definition) is 11. The summed E-state index contributed by atoms with van der Waals surface area (Å²) in [5, 5.41) is 6.01. The van der Waals surface area contributed by atoms with Crippen LogP contribution in [0.3, 0.4) is 0 Å². The lowest BCUT2D eigenvalue weighted by atomic mass is 10.1. The number of carbonyl (C=O) groups is 5. The van der Waals surface area contributed by atoms with E-state index >= 15 is 0 Å². The van der Waals surface area contributed by atoms with Gasteiger partial charge in [0.25, 0.3) is 5.91 Å². The summed E-state index contributed by atoms with van der Waals surface area (Å²) in [6.45, 7) is 15.4. The Hall–Kier alpha value is -5.45. The van der Waals surface area contributed by atoms with Crippen LogP contribution in [0.15, 0.2) is 68.4 Å². The summed E-state index contributed by atoms with van der Waals surface area (Å²) in [5.74, 6) is -2.71. The Labute approximate surface area is 320 Å². The molecule has 2 saturated carbocycles. The Kier molecular flexibility index (Phi) is 11.9. The average Bonchev–Trinajstić information content (AvgIpc) is 4.06. The van der Waals surface area contributed by atoms with Crippen molar-refractivity contribution in [2.45, 2.75) is 81.0 Å². The number of rotatable bonds is 16. The first-order chi connectivity index (χ1) is 25.9. The molecule has 1 aromatic heterocycles. The van der Waals surface area contributed by atoms with Crippen molar-refractivity contribution in [2.24, 2.45) is 5.92 Å². The van der Waals surface area contributed by atoms with Gasteiger partial charge in [-0.15, -0.1) is 13.2 Å². The van der Waals surface area contributed by atoms with Crippen molar-refractivity contribution in [1.29, 1.82) is 0 Å². The molecule has 1 saturated heterocycles. The van der Waals surface area contributed by atoms with Crippen LogP contribution in [0.5, 0.6) is 11.6 Å². The van der Waals surface area contributed by atoms with Crippen LogP contribution in [0.4, 0.5) is 4.79 Å². The van der Waals surface area contributed by atoms with Gasteiger partial charge in [-0.2, -0.15) is 0 Å². The molecule has 0 spiro atoms. The molecule has 16 nitrogen and oxygen atoms in total. The largest absolute Gasteiger partial charge is 0.497 e. The maximum absolute atomic E-state index is 14.6. The Morgan fingerprint density at radius 3 is 2.45 bits per heavy atom. The molecule has 5 amide bonds. The fourth-order valence-electron chi connectivity index (χ4n) is 6.50. The summed E-state index contributed by atoms with van der Waals surface area (Å²) < 4.78 is 44.7. The Balaban J connectivity index is 1.48. The maximum atomic E-state index is 14.6. The van der Waals surface area contributed by atoms with E-state index in [2.05, 4.69) is 40.1 Å². The highest BCUT2D eigenvalue weighted by molar-refractivity contribution is 7.91. The molecule has 5 atom stereocenters. The van der Waals surface area contributed by atoms with E-state index in [0.29, 0.717) is 24.0 Å². The van der Waals surface area contributed by atoms with Crippen LogP contribution in [-0.4, -0.2) is 114 Å². The zero-order valence-electron chi connectivity index (χ0n) is 31.4. The number of nitrogens with one attached hydrogen (secondary N) is 3. The van der Waals surface area contributed by atoms with E-state index < -0.39 is 80.2 Å². The zero-order chi connectivity index (χ0) is 40.3. The number of pyridine rings is 1. The molecule has 3 N–H and O–H groups in total. The number of benzene rings is 1. The SMILES string of the molecule is C=CCN(C[C@H](NC(=O)OC(C)(C)C)C(=O)N1C[C@H](Oc2nccc3cc(OC)ccc23)C[C@H]1C(=O)N[C@]1(C(=O)NS(=O)(=O)C2CC2)C[C@@H]1C=C)C(=O)C=C. The van der Waals surface area contributed by atoms with E-state index in [4.69, 9.17) is 14.2 Å². The third-order valence-electron chi connectivity index (χ3n) is 9.54. The molecule has 1 aromatic carbocycles. The van der Waals surface area contributed by atoms with Crippen LogP contribution in [0.25, 0.3) is 10.8 Å². The van der Waals surface area contributed by atoms with Gasteiger partial charge < -0.3 is 34.6 Å². The summed E-state index contributed by atoms with van der Waals surface area (Å²) in [5.41, 5.74) is -2.57. The van der Waals surface area contributed by atoms with Crippen LogP contribution in [0.1, 0.15) is 46.5 Å². The standard InChI is InChI=1S/C38H48N6O10S/c1-8-17-43(31(45)10-3)22-29(40-36(49)54-37(4,5)6)34(47)44-21-26(53-33-28-14-11-25(52-7)18-23(28)15-16-39-33)19-30(44)32(46)41-38(20-24(38)9-2)35(48)42-55(50,51)27-12-13-27/h8-11,14-16,18,24,26-27,29-30H,1-3,12-13,17,19-22H2,4-7H3,(H,40,49)(H,41,46)(H,42,48)/t24-,26+,29-,30-,38+/m0/s1. The highest BCUT2D eigenvalue weighted by Gasteiger charge is 2.62. The average molecular weight is 781 g/mol. The first kappa shape index (κ1) is 40.7. The van der Waals surface area contributed by atoms with Crippen LogP contribution in [0, 0.1) is 5.92 Å². The van der Waals surface area contributed by atoms with Gasteiger partial charge in [0, 0.05) is 30.5 Å². The molecular weight excluding hydrogens is 733 g/mol. The van der Waals surface area contributed by atoms with Crippen molar-refractivity contribution in [3.05, 3.63) is 68.4 Å². The number of carbonyl (C=O) groups excluding carboxylic acids is 5. The van der Waals surface area contributed by atoms with E-state index in [1.807, 2.05) is 0 Å². The summed E-state index contributed by atoms with van der Waals surface area (Å²) in [6, 6.07) is 4.37. The molecule has 2 aliphatic carbocycles. The van der Waals surface area contributed by atoms with E-state index in [9.17, 15) is 32.4 Å². The third-order valence-corrected chi connectivity index (χ3v) is 11.4. The molecule has 3 aliphatic rings. The molecule has 55 heavy (non-hydrogen) atoms. The van der Waals surface area contributed by atoms with E-state index in [1.54, 1.807) is 58.3 Å². The van der Waals surface area contributed by atoms with Gasteiger partial charge in [0.1, 0.15) is 35.1 Å². The Bertz CT molecular complexity index is 1990. The molecule has 0 radical (unpaired) electrons. The van der Waals surface area contributed by atoms with E-state index in [-0.39, 0.29) is 38.4 Å². The Morgan fingerprint density at radius 2 is 1.85 bits per heavy atom. The summed E-state index contributed by atoms with van der Waals surface area (Å²) in [4.78, 5) is 75.2. The number of hydrogen-bond donors (Lipinski definition) is 3. The van der Waals surface area contributed by atoms with Gasteiger partial charge in [-0.3, -0.25) is 23.9 Å². The number of alkyl carbamates (subject to hydrolysis) is 1. The predicted molar refractivity (Wildman–Crippen MR) is 202 cm³/mol. The number of ether oxygens (including phenoxy) is 3. The topological polar surface area (TPSA) is 203 Å². The van der Waals surface area contributed by atoms with Gasteiger partial charge in [-0.1, -0.05) is 18.7 Å². The second-order valence-electron chi connectivity index (χ2n) is 14.8. The quantitative estimate of drug-likeness (QED) is 0.167. The normalized spacial score (nSPS) is 22.4. The highest BCUT2D eigenvalue weighted by Crippen LogP contribution is 2.45. The van der Waals surface area contributed by atoms with Crippen molar-refractivity contribution >= 4 is 50.5 Å². The van der Waals surface area contributed by atoms with Crippen LogP contribution >= 0.6 is 0 Å². The van der Waals surface area contributed by atoms with Crippen molar-refractivity contribution in [3.63, 3.8) is 0 Å². The number of amides is 5. The first-order valence-corrected chi connectivity index (χ1v) is 19.4. The number of fused-ring (bicyclic) bond motifs is 1. The predicted octanol–water partition coefficient (Wildman–Crippen LogP) is 2.35. The van der Waals surface area contributed by atoms with Crippen molar-refractivity contribution in [2.75, 3.05) is 26.7 Å². The van der Waals surface area contributed by atoms with E-state index in [1.165, 1.54) is 22.0 Å². The van der Waals surface area contributed by atoms with Crippen molar-refractivity contribution in [3.8, 4) is 11.6 Å². The van der Waals surface area contributed by atoms with E-state index in [0.717, 1.165) is 11.5 Å². The summed E-state index contributed by atoms with van der Waals surface area (Å²) in [7, 11) is -2.41. The zero-order valence-corrected chi connectivity index (χ0v) is 32.2. The monoisotopic (exact) mass is 780 g/mol. The molecule has 1 aliphatic heterocycles. The Morgan fingerprint density at radius 1 is 1.13 bits per heavy atom. The fraction of sp³-hybridized carbons (Fsp3) is 0.474. The minimum absolute atomic E-state index is 0.00214. The number of methoxy groups -OCH3 is 1. The lowest BCUT2D eigenvalue weighted by Crippen LogP contribution is -2.60. The lowest BCUT2D eigenvalue weighted by Gasteiger charge is -2.32. The smallest absolute Gasteiger partial charge is 0.408 e.